The third-order valence-corrected chi connectivity index (χ3v) is 4.04. The molecule has 2 rings (SSSR count). The maximum Gasteiger partial charge on any atom is 0.125 e. The summed E-state index contributed by atoms with van der Waals surface area (Å²) in [6, 6.07) is 9.04. The molecule has 0 aliphatic carbocycles. The molecule has 2 aromatic carbocycles. The van der Waals surface area contributed by atoms with Crippen LogP contribution in [0.4, 0.5) is 0 Å². The van der Waals surface area contributed by atoms with Crippen LogP contribution in [0, 0.1) is 13.8 Å². The Morgan fingerprint density at radius 1 is 1.00 bits per heavy atom. The van der Waals surface area contributed by atoms with Crippen molar-refractivity contribution in [1.82, 2.24) is 0 Å². The summed E-state index contributed by atoms with van der Waals surface area (Å²) in [5.74, 6) is 0.666. The van der Waals surface area contributed by atoms with Crippen LogP contribution in [0.3, 0.4) is 0 Å². The molecule has 0 aliphatic heterocycles. The highest BCUT2D eigenvalue weighted by atomic mass is 35.5. The molecule has 1 atom stereocenters. The van der Waals surface area contributed by atoms with E-state index < -0.39 is 0 Å². The van der Waals surface area contributed by atoms with Crippen LogP contribution in [0.1, 0.15) is 28.3 Å². The fourth-order valence-electron chi connectivity index (χ4n) is 2.15. The standard InChI is InChI=1S/C16H17Cl2NO/c1-9-6-13(14(18)7-10(9)2)16(19)12-5-4-11(17)8-15(12)20-3/h4-8,16H,19H2,1-3H3. The van der Waals surface area contributed by atoms with E-state index in [1.54, 1.807) is 19.2 Å². The van der Waals surface area contributed by atoms with E-state index in [1.165, 1.54) is 0 Å². The van der Waals surface area contributed by atoms with Crippen molar-refractivity contribution in [3.63, 3.8) is 0 Å². The lowest BCUT2D eigenvalue weighted by Gasteiger charge is -2.19. The Morgan fingerprint density at radius 3 is 2.30 bits per heavy atom. The lowest BCUT2D eigenvalue weighted by atomic mass is 9.95. The van der Waals surface area contributed by atoms with Gasteiger partial charge in [0.1, 0.15) is 5.75 Å². The van der Waals surface area contributed by atoms with E-state index in [9.17, 15) is 0 Å². The second-order valence-corrected chi connectivity index (χ2v) is 5.67. The number of aryl methyl sites for hydroxylation is 2. The molecule has 1 unspecified atom stereocenters. The predicted octanol–water partition coefficient (Wildman–Crippen LogP) is 4.67. The number of hydrogen-bond acceptors (Lipinski definition) is 2. The van der Waals surface area contributed by atoms with E-state index in [1.807, 2.05) is 32.0 Å². The molecule has 0 heterocycles. The van der Waals surface area contributed by atoms with Crippen molar-refractivity contribution in [3.05, 3.63) is 62.6 Å². The molecule has 106 valence electrons. The summed E-state index contributed by atoms with van der Waals surface area (Å²) in [4.78, 5) is 0. The van der Waals surface area contributed by atoms with Crippen molar-refractivity contribution < 1.29 is 4.74 Å². The zero-order valence-electron chi connectivity index (χ0n) is 11.7. The number of nitrogens with two attached hydrogens (primary N) is 1. The molecule has 0 radical (unpaired) electrons. The first-order chi connectivity index (χ1) is 9.43. The van der Waals surface area contributed by atoms with Gasteiger partial charge in [0.25, 0.3) is 0 Å². The van der Waals surface area contributed by atoms with Crippen molar-refractivity contribution in [2.45, 2.75) is 19.9 Å². The fourth-order valence-corrected chi connectivity index (χ4v) is 2.65. The Hall–Kier alpha value is -1.22. The summed E-state index contributed by atoms with van der Waals surface area (Å²) in [5, 5.41) is 1.28. The van der Waals surface area contributed by atoms with Crippen LogP contribution in [0.25, 0.3) is 0 Å². The van der Waals surface area contributed by atoms with Gasteiger partial charge in [-0.05, 0) is 48.7 Å². The second-order valence-electron chi connectivity index (χ2n) is 4.82. The van der Waals surface area contributed by atoms with Gasteiger partial charge in [-0.2, -0.15) is 0 Å². The van der Waals surface area contributed by atoms with Crippen LogP contribution in [-0.4, -0.2) is 7.11 Å². The Morgan fingerprint density at radius 2 is 1.65 bits per heavy atom. The van der Waals surface area contributed by atoms with E-state index >= 15 is 0 Å². The summed E-state index contributed by atoms with van der Waals surface area (Å²) in [7, 11) is 1.60. The molecule has 20 heavy (non-hydrogen) atoms. The summed E-state index contributed by atoms with van der Waals surface area (Å²) < 4.78 is 5.36. The Bertz CT molecular complexity index is 641. The van der Waals surface area contributed by atoms with Gasteiger partial charge in [-0.15, -0.1) is 0 Å². The maximum absolute atomic E-state index is 6.36. The van der Waals surface area contributed by atoms with Crippen molar-refractivity contribution in [3.8, 4) is 5.75 Å². The zero-order valence-corrected chi connectivity index (χ0v) is 13.2. The Labute approximate surface area is 129 Å². The normalized spacial score (nSPS) is 12.3. The molecule has 0 amide bonds. The van der Waals surface area contributed by atoms with Gasteiger partial charge in [-0.3, -0.25) is 0 Å². The Balaban J connectivity index is 2.51. The van der Waals surface area contributed by atoms with Gasteiger partial charge >= 0.3 is 0 Å². The molecule has 0 spiro atoms. The van der Waals surface area contributed by atoms with Crippen molar-refractivity contribution in [2.24, 2.45) is 5.73 Å². The van der Waals surface area contributed by atoms with Gasteiger partial charge in [0.15, 0.2) is 0 Å². The third-order valence-electron chi connectivity index (χ3n) is 3.48. The molecule has 0 fully saturated rings. The summed E-state index contributed by atoms with van der Waals surface area (Å²) in [6.07, 6.45) is 0. The lowest BCUT2D eigenvalue weighted by molar-refractivity contribution is 0.408. The lowest BCUT2D eigenvalue weighted by Crippen LogP contribution is -2.14. The van der Waals surface area contributed by atoms with Crippen molar-refractivity contribution >= 4 is 23.2 Å². The number of benzene rings is 2. The van der Waals surface area contributed by atoms with Crippen LogP contribution in [0.15, 0.2) is 30.3 Å². The van der Waals surface area contributed by atoms with Crippen LogP contribution >= 0.6 is 23.2 Å². The number of ether oxygens (including phenoxy) is 1. The number of rotatable bonds is 3. The molecule has 4 heteroatoms. The minimum absolute atomic E-state index is 0.353. The Kier molecular flexibility index (Phi) is 4.59. The molecule has 2 aromatic rings. The molecule has 0 saturated heterocycles. The smallest absolute Gasteiger partial charge is 0.125 e. The van der Waals surface area contributed by atoms with Gasteiger partial charge in [0, 0.05) is 15.6 Å². The van der Waals surface area contributed by atoms with Crippen LogP contribution in [0.2, 0.25) is 10.0 Å². The molecule has 0 saturated carbocycles. The van der Waals surface area contributed by atoms with E-state index in [0.717, 1.165) is 22.3 Å². The van der Waals surface area contributed by atoms with E-state index in [-0.39, 0.29) is 6.04 Å². The number of halogens is 2. The highest BCUT2D eigenvalue weighted by molar-refractivity contribution is 6.31. The SMILES string of the molecule is COc1cc(Cl)ccc1C(N)c1cc(C)c(C)cc1Cl. The van der Waals surface area contributed by atoms with Gasteiger partial charge < -0.3 is 10.5 Å². The first kappa shape index (κ1) is 15.2. The van der Waals surface area contributed by atoms with Gasteiger partial charge in [0.2, 0.25) is 0 Å². The van der Waals surface area contributed by atoms with E-state index in [4.69, 9.17) is 33.7 Å². The molecule has 0 aliphatic rings. The van der Waals surface area contributed by atoms with Crippen LogP contribution in [0.5, 0.6) is 5.75 Å². The highest BCUT2D eigenvalue weighted by Crippen LogP contribution is 2.34. The highest BCUT2D eigenvalue weighted by Gasteiger charge is 2.17. The number of hydrogen-bond donors (Lipinski definition) is 1. The summed E-state index contributed by atoms with van der Waals surface area (Å²) in [6.45, 7) is 4.07. The quantitative estimate of drug-likeness (QED) is 0.894. The van der Waals surface area contributed by atoms with Crippen LogP contribution in [-0.2, 0) is 0 Å². The van der Waals surface area contributed by atoms with Gasteiger partial charge in [0.05, 0.1) is 13.2 Å². The minimum atomic E-state index is -0.353. The average Bonchev–Trinajstić information content (AvgIpc) is 2.42. The monoisotopic (exact) mass is 309 g/mol. The molecular weight excluding hydrogens is 293 g/mol. The first-order valence-electron chi connectivity index (χ1n) is 6.29. The zero-order chi connectivity index (χ0) is 14.9. The fraction of sp³-hybridized carbons (Fsp3) is 0.250. The van der Waals surface area contributed by atoms with Crippen molar-refractivity contribution in [2.75, 3.05) is 7.11 Å². The topological polar surface area (TPSA) is 35.2 Å². The van der Waals surface area contributed by atoms with Gasteiger partial charge in [-0.1, -0.05) is 35.3 Å². The first-order valence-corrected chi connectivity index (χ1v) is 7.05. The van der Waals surface area contributed by atoms with E-state index in [0.29, 0.717) is 15.8 Å². The second kappa shape index (κ2) is 6.04. The largest absolute Gasteiger partial charge is 0.496 e. The maximum atomic E-state index is 6.36. The summed E-state index contributed by atoms with van der Waals surface area (Å²) in [5.41, 5.74) is 10.4. The van der Waals surface area contributed by atoms with Crippen molar-refractivity contribution in [1.29, 1.82) is 0 Å². The third kappa shape index (κ3) is 2.93. The van der Waals surface area contributed by atoms with Gasteiger partial charge in [-0.25, -0.2) is 0 Å². The van der Waals surface area contributed by atoms with Crippen LogP contribution < -0.4 is 10.5 Å². The average molecular weight is 310 g/mol. The molecule has 0 aromatic heterocycles. The molecule has 2 nitrogen and oxygen atoms in total. The molecule has 2 N–H and O–H groups in total. The van der Waals surface area contributed by atoms with E-state index in [2.05, 4.69) is 0 Å². The summed E-state index contributed by atoms with van der Waals surface area (Å²) >= 11 is 12.3. The predicted molar refractivity (Wildman–Crippen MR) is 85.0 cm³/mol. The molecule has 0 bridgehead atoms. The molecular formula is C16H17Cl2NO. The minimum Gasteiger partial charge on any atom is -0.496 e. The number of methoxy groups -OCH3 is 1.